The summed E-state index contributed by atoms with van der Waals surface area (Å²) in [6.45, 7) is 5.23. The summed E-state index contributed by atoms with van der Waals surface area (Å²) in [5.74, 6) is 1.33. The third-order valence-electron chi connectivity index (χ3n) is 3.02. The van der Waals surface area contributed by atoms with Crippen LogP contribution in [0.2, 0.25) is 0 Å². The van der Waals surface area contributed by atoms with Gasteiger partial charge in [0.2, 0.25) is 5.91 Å². The van der Waals surface area contributed by atoms with Crippen LogP contribution >= 0.6 is 0 Å². The van der Waals surface area contributed by atoms with Gasteiger partial charge < -0.3 is 14.1 Å². The Labute approximate surface area is 125 Å². The van der Waals surface area contributed by atoms with E-state index in [-0.39, 0.29) is 18.4 Å². The zero-order chi connectivity index (χ0) is 15.8. The maximum atomic E-state index is 12.1. The molecule has 1 heterocycles. The number of ether oxygens (including phenoxy) is 1. The van der Waals surface area contributed by atoms with E-state index >= 15 is 0 Å². The average Bonchev–Trinajstić information content (AvgIpc) is 2.82. The number of aryl methyl sites for hydroxylation is 1. The fraction of sp³-hybridized carbons (Fsp3) is 0.600. The molecule has 0 bridgehead atoms. The normalized spacial score (nSPS) is 10.7. The fourth-order valence-corrected chi connectivity index (χ4v) is 1.84. The first-order valence-electron chi connectivity index (χ1n) is 7.05. The molecule has 0 atom stereocenters. The van der Waals surface area contributed by atoms with Crippen molar-refractivity contribution in [2.45, 2.75) is 26.8 Å². The van der Waals surface area contributed by atoms with Gasteiger partial charge in [0, 0.05) is 13.6 Å². The number of hydrogen-bond donors (Lipinski definition) is 0. The molecule has 0 aliphatic heterocycles. The van der Waals surface area contributed by atoms with Gasteiger partial charge in [-0.15, -0.1) is 0 Å². The molecule has 6 nitrogen and oxygen atoms in total. The predicted octanol–water partition coefficient (Wildman–Crippen LogP) is 1.43. The highest BCUT2D eigenvalue weighted by molar-refractivity contribution is 5.78. The van der Waals surface area contributed by atoms with Crippen LogP contribution in [-0.2, 0) is 20.9 Å². The summed E-state index contributed by atoms with van der Waals surface area (Å²) in [5.41, 5.74) is 0. The maximum absolute atomic E-state index is 12.1. The van der Waals surface area contributed by atoms with E-state index in [2.05, 4.69) is 0 Å². The van der Waals surface area contributed by atoms with E-state index in [1.54, 1.807) is 18.9 Å². The third kappa shape index (κ3) is 6.44. The summed E-state index contributed by atoms with van der Waals surface area (Å²) < 4.78 is 10.3. The lowest BCUT2D eigenvalue weighted by Gasteiger charge is -2.20. The Kier molecular flexibility index (Phi) is 6.94. The van der Waals surface area contributed by atoms with Crippen molar-refractivity contribution in [2.24, 2.45) is 0 Å². The Bertz CT molecular complexity index is 470. The van der Waals surface area contributed by atoms with Gasteiger partial charge in [-0.25, -0.2) is 0 Å². The molecule has 0 aromatic carbocycles. The second-order valence-electron chi connectivity index (χ2n) is 5.05. The first-order valence-corrected chi connectivity index (χ1v) is 7.05. The third-order valence-corrected chi connectivity index (χ3v) is 3.02. The summed E-state index contributed by atoms with van der Waals surface area (Å²) in [6, 6.07) is 3.74. The molecule has 118 valence electrons. The lowest BCUT2D eigenvalue weighted by Crippen LogP contribution is -2.37. The fourth-order valence-electron chi connectivity index (χ4n) is 1.84. The molecule has 1 aromatic rings. The van der Waals surface area contributed by atoms with Crippen LogP contribution in [0.15, 0.2) is 16.5 Å². The molecular weight excluding hydrogens is 272 g/mol. The van der Waals surface area contributed by atoms with Gasteiger partial charge in [-0.3, -0.25) is 14.5 Å². The average molecular weight is 296 g/mol. The van der Waals surface area contributed by atoms with E-state index in [0.717, 1.165) is 11.5 Å². The van der Waals surface area contributed by atoms with E-state index in [1.807, 2.05) is 31.0 Å². The van der Waals surface area contributed by atoms with Crippen LogP contribution in [-0.4, -0.2) is 55.5 Å². The van der Waals surface area contributed by atoms with E-state index in [0.29, 0.717) is 26.1 Å². The Morgan fingerprint density at radius 1 is 1.29 bits per heavy atom. The standard InChI is InChI=1S/C15H24N2O4/c1-5-20-15(19)8-9-16(3)11-14(18)17(4)10-13-7-6-12(2)21-13/h6-7H,5,8-11H2,1-4H3. The van der Waals surface area contributed by atoms with Crippen LogP contribution in [0.1, 0.15) is 24.9 Å². The van der Waals surface area contributed by atoms with Crippen molar-refractivity contribution in [3.8, 4) is 0 Å². The quantitative estimate of drug-likeness (QED) is 0.679. The van der Waals surface area contributed by atoms with E-state index in [1.165, 1.54) is 0 Å². The first-order chi connectivity index (χ1) is 9.92. The zero-order valence-electron chi connectivity index (χ0n) is 13.2. The van der Waals surface area contributed by atoms with Crippen LogP contribution < -0.4 is 0 Å². The number of amides is 1. The second-order valence-corrected chi connectivity index (χ2v) is 5.05. The summed E-state index contributed by atoms with van der Waals surface area (Å²) in [6.07, 6.45) is 0.290. The van der Waals surface area contributed by atoms with Crippen molar-refractivity contribution in [3.63, 3.8) is 0 Å². The van der Waals surface area contributed by atoms with Gasteiger partial charge in [-0.2, -0.15) is 0 Å². The molecule has 0 aliphatic carbocycles. The second kappa shape index (κ2) is 8.46. The molecule has 0 fully saturated rings. The van der Waals surface area contributed by atoms with Gasteiger partial charge in [0.15, 0.2) is 0 Å². The Balaban J connectivity index is 2.32. The lowest BCUT2D eigenvalue weighted by molar-refractivity contribution is -0.144. The number of rotatable bonds is 8. The van der Waals surface area contributed by atoms with Crippen molar-refractivity contribution in [1.29, 1.82) is 0 Å². The van der Waals surface area contributed by atoms with Crippen LogP contribution in [0, 0.1) is 6.92 Å². The highest BCUT2D eigenvalue weighted by atomic mass is 16.5. The summed E-state index contributed by atoms with van der Waals surface area (Å²) >= 11 is 0. The Hall–Kier alpha value is -1.82. The van der Waals surface area contributed by atoms with Crippen molar-refractivity contribution >= 4 is 11.9 Å². The molecule has 0 radical (unpaired) electrons. The minimum absolute atomic E-state index is 0.0181. The molecule has 0 aliphatic rings. The van der Waals surface area contributed by atoms with Crippen molar-refractivity contribution < 1.29 is 18.7 Å². The number of carbonyl (C=O) groups is 2. The largest absolute Gasteiger partial charge is 0.466 e. The van der Waals surface area contributed by atoms with Crippen molar-refractivity contribution in [3.05, 3.63) is 23.7 Å². The number of carbonyl (C=O) groups excluding carboxylic acids is 2. The molecule has 0 saturated carbocycles. The minimum Gasteiger partial charge on any atom is -0.466 e. The molecular formula is C15H24N2O4. The van der Waals surface area contributed by atoms with Crippen LogP contribution in [0.5, 0.6) is 0 Å². The first kappa shape index (κ1) is 17.2. The molecule has 0 spiro atoms. The highest BCUT2D eigenvalue weighted by Crippen LogP contribution is 2.08. The van der Waals surface area contributed by atoms with Crippen molar-refractivity contribution in [1.82, 2.24) is 9.80 Å². The summed E-state index contributed by atoms with van der Waals surface area (Å²) in [4.78, 5) is 26.7. The van der Waals surface area contributed by atoms with Gasteiger partial charge in [-0.1, -0.05) is 0 Å². The number of esters is 1. The van der Waals surface area contributed by atoms with E-state index in [9.17, 15) is 9.59 Å². The number of nitrogens with zero attached hydrogens (tertiary/aromatic N) is 2. The maximum Gasteiger partial charge on any atom is 0.307 e. The van der Waals surface area contributed by atoms with Gasteiger partial charge >= 0.3 is 5.97 Å². The molecule has 1 amide bonds. The summed E-state index contributed by atoms with van der Waals surface area (Å²) in [5, 5.41) is 0. The Morgan fingerprint density at radius 2 is 2.00 bits per heavy atom. The van der Waals surface area contributed by atoms with Crippen molar-refractivity contribution in [2.75, 3.05) is 33.8 Å². The number of hydrogen-bond acceptors (Lipinski definition) is 5. The van der Waals surface area contributed by atoms with Gasteiger partial charge in [0.1, 0.15) is 11.5 Å². The highest BCUT2D eigenvalue weighted by Gasteiger charge is 2.14. The van der Waals surface area contributed by atoms with Gasteiger partial charge in [0.05, 0.1) is 26.1 Å². The number of furan rings is 1. The lowest BCUT2D eigenvalue weighted by atomic mass is 10.3. The Morgan fingerprint density at radius 3 is 2.57 bits per heavy atom. The van der Waals surface area contributed by atoms with Gasteiger partial charge in [-0.05, 0) is 33.0 Å². The molecule has 21 heavy (non-hydrogen) atoms. The minimum atomic E-state index is -0.240. The molecule has 0 saturated heterocycles. The number of likely N-dealkylation sites (N-methyl/N-ethyl adjacent to an activating group) is 2. The molecule has 1 aromatic heterocycles. The molecule has 6 heteroatoms. The van der Waals surface area contributed by atoms with Crippen LogP contribution in [0.4, 0.5) is 0 Å². The molecule has 0 N–H and O–H groups in total. The van der Waals surface area contributed by atoms with Gasteiger partial charge in [0.25, 0.3) is 0 Å². The smallest absolute Gasteiger partial charge is 0.307 e. The zero-order valence-corrected chi connectivity index (χ0v) is 13.2. The topological polar surface area (TPSA) is 63.0 Å². The molecule has 1 rings (SSSR count). The molecule has 0 unspecified atom stereocenters. The predicted molar refractivity (Wildman–Crippen MR) is 78.7 cm³/mol. The van der Waals surface area contributed by atoms with E-state index in [4.69, 9.17) is 9.15 Å². The monoisotopic (exact) mass is 296 g/mol. The van der Waals surface area contributed by atoms with Crippen LogP contribution in [0.3, 0.4) is 0 Å². The SMILES string of the molecule is CCOC(=O)CCN(C)CC(=O)N(C)Cc1ccc(C)o1. The van der Waals surface area contributed by atoms with Crippen LogP contribution in [0.25, 0.3) is 0 Å². The summed E-state index contributed by atoms with van der Waals surface area (Å²) in [7, 11) is 3.54. The van der Waals surface area contributed by atoms with E-state index < -0.39 is 0 Å².